The highest BCUT2D eigenvalue weighted by Gasteiger charge is 2.23. The Morgan fingerprint density at radius 3 is 2.80 bits per heavy atom. The minimum Gasteiger partial charge on any atom is -0.427 e. The van der Waals surface area contributed by atoms with Crippen LogP contribution in [0.2, 0.25) is 0 Å². The Labute approximate surface area is 87.9 Å². The molecule has 1 saturated carbocycles. The monoisotopic (exact) mass is 203 g/mol. The van der Waals surface area contributed by atoms with Gasteiger partial charge in [0.1, 0.15) is 11.5 Å². The molecular formula is C11H13N3O. The van der Waals surface area contributed by atoms with Gasteiger partial charge >= 0.3 is 0 Å². The molecule has 0 aromatic rings. The first-order valence-corrected chi connectivity index (χ1v) is 5.39. The summed E-state index contributed by atoms with van der Waals surface area (Å²) in [5.41, 5.74) is 0.780. The van der Waals surface area contributed by atoms with Gasteiger partial charge in [-0.25, -0.2) is 9.97 Å². The molecule has 0 bridgehead atoms. The number of rotatable bonds is 1. The largest absolute Gasteiger partial charge is 0.427 e. The van der Waals surface area contributed by atoms with Crippen molar-refractivity contribution in [2.75, 3.05) is 0 Å². The van der Waals surface area contributed by atoms with Crippen LogP contribution in [0.1, 0.15) is 37.4 Å². The molecule has 0 amide bonds. The first-order valence-electron chi connectivity index (χ1n) is 5.39. The number of fused-ring (bicyclic) bond motifs is 1. The Bertz CT molecular complexity index is 445. The molecule has 1 aliphatic carbocycles. The molecule has 0 spiro atoms. The van der Waals surface area contributed by atoms with Crippen molar-refractivity contribution < 1.29 is 5.21 Å². The summed E-state index contributed by atoms with van der Waals surface area (Å²) in [5, 5.41) is 9.54. The molecule has 15 heavy (non-hydrogen) atoms. The van der Waals surface area contributed by atoms with Gasteiger partial charge in [0.25, 0.3) is 0 Å². The van der Waals surface area contributed by atoms with E-state index in [1.54, 1.807) is 12.3 Å². The van der Waals surface area contributed by atoms with Crippen LogP contribution in [0, 0.1) is 0 Å². The molecule has 1 fully saturated rings. The summed E-state index contributed by atoms with van der Waals surface area (Å²) in [4.78, 5) is 8.86. The Kier molecular flexibility index (Phi) is 1.87. The molecule has 0 aromatic heterocycles. The Hall–Kier alpha value is -1.58. The van der Waals surface area contributed by atoms with E-state index in [1.165, 1.54) is 25.7 Å². The Morgan fingerprint density at radius 2 is 2.07 bits per heavy atom. The zero-order valence-corrected chi connectivity index (χ0v) is 8.43. The number of pyridine rings is 1. The van der Waals surface area contributed by atoms with E-state index in [0.717, 1.165) is 16.2 Å². The third kappa shape index (κ3) is 1.37. The van der Waals surface area contributed by atoms with E-state index in [1.807, 2.05) is 6.07 Å². The maximum absolute atomic E-state index is 9.54. The second-order valence-corrected chi connectivity index (χ2v) is 4.12. The third-order valence-electron chi connectivity index (χ3n) is 3.10. The maximum Gasteiger partial charge on any atom is 0.195 e. The average Bonchev–Trinajstić information content (AvgIpc) is 2.86. The highest BCUT2D eigenvalue weighted by molar-refractivity contribution is 5.51. The van der Waals surface area contributed by atoms with Crippen molar-refractivity contribution in [3.05, 3.63) is 24.2 Å². The van der Waals surface area contributed by atoms with E-state index in [2.05, 4.69) is 9.97 Å². The van der Waals surface area contributed by atoms with Gasteiger partial charge in [-0.05, 0) is 25.0 Å². The fourth-order valence-corrected chi connectivity index (χ4v) is 2.30. The van der Waals surface area contributed by atoms with Gasteiger partial charge < -0.3 is 5.21 Å². The van der Waals surface area contributed by atoms with Gasteiger partial charge in [0.15, 0.2) is 5.82 Å². The highest BCUT2D eigenvalue weighted by atomic mass is 16.5. The lowest BCUT2D eigenvalue weighted by molar-refractivity contribution is 0.186. The molecule has 1 N–H and O–H groups in total. The van der Waals surface area contributed by atoms with Crippen molar-refractivity contribution in [3.8, 4) is 11.5 Å². The summed E-state index contributed by atoms with van der Waals surface area (Å²) < 4.78 is 1.04. The molecule has 0 atom stereocenters. The van der Waals surface area contributed by atoms with Crippen LogP contribution in [0.5, 0.6) is 0 Å². The number of hydrogen-bond acceptors (Lipinski definition) is 3. The van der Waals surface area contributed by atoms with E-state index < -0.39 is 0 Å². The highest BCUT2D eigenvalue weighted by Crippen LogP contribution is 2.34. The van der Waals surface area contributed by atoms with Gasteiger partial charge in [0, 0.05) is 12.1 Å². The molecule has 0 radical (unpaired) electrons. The normalized spacial score (nSPS) is 17.6. The second-order valence-electron chi connectivity index (χ2n) is 4.12. The van der Waals surface area contributed by atoms with Gasteiger partial charge in [-0.2, -0.15) is 4.73 Å². The molecule has 4 nitrogen and oxygen atoms in total. The zero-order valence-electron chi connectivity index (χ0n) is 8.43. The van der Waals surface area contributed by atoms with E-state index in [-0.39, 0.29) is 0 Å². The van der Waals surface area contributed by atoms with Crippen LogP contribution in [0.4, 0.5) is 0 Å². The van der Waals surface area contributed by atoms with Crippen molar-refractivity contribution in [2.24, 2.45) is 0 Å². The quantitative estimate of drug-likeness (QED) is 0.723. The average molecular weight is 203 g/mol. The topological polar surface area (TPSA) is 50.9 Å². The van der Waals surface area contributed by atoms with Gasteiger partial charge in [0.05, 0.1) is 0 Å². The lowest BCUT2D eigenvalue weighted by Gasteiger charge is -2.01. The smallest absolute Gasteiger partial charge is 0.195 e. The summed E-state index contributed by atoms with van der Waals surface area (Å²) in [6, 6.07) is 3.66. The molecule has 0 saturated heterocycles. The lowest BCUT2D eigenvalue weighted by atomic mass is 10.1. The molecule has 4 heteroatoms. The second kappa shape index (κ2) is 3.22. The maximum atomic E-state index is 9.54. The van der Waals surface area contributed by atoms with Gasteiger partial charge in [-0.15, -0.1) is 0 Å². The van der Waals surface area contributed by atoms with Crippen LogP contribution in [0.15, 0.2) is 18.3 Å². The van der Waals surface area contributed by atoms with Gasteiger partial charge in [0.2, 0.25) is 0 Å². The summed E-state index contributed by atoms with van der Waals surface area (Å²) in [6.45, 7) is 0. The molecule has 3 rings (SSSR count). The van der Waals surface area contributed by atoms with E-state index in [9.17, 15) is 5.21 Å². The number of hydrogen-bond donors (Lipinski definition) is 1. The number of imidazole rings is 1. The van der Waals surface area contributed by atoms with Gasteiger partial charge in [-0.3, -0.25) is 0 Å². The summed E-state index contributed by atoms with van der Waals surface area (Å²) in [5.74, 6) is 1.97. The van der Waals surface area contributed by atoms with Crippen molar-refractivity contribution in [1.29, 1.82) is 0 Å². The van der Waals surface area contributed by atoms with E-state index in [0.29, 0.717) is 11.7 Å². The predicted molar refractivity (Wildman–Crippen MR) is 55.0 cm³/mol. The molecule has 2 aliphatic heterocycles. The molecule has 2 heterocycles. The van der Waals surface area contributed by atoms with Crippen molar-refractivity contribution >= 4 is 0 Å². The van der Waals surface area contributed by atoms with Crippen LogP contribution in [-0.2, 0) is 0 Å². The summed E-state index contributed by atoms with van der Waals surface area (Å²) >= 11 is 0. The van der Waals surface area contributed by atoms with Crippen LogP contribution in [-0.4, -0.2) is 19.9 Å². The van der Waals surface area contributed by atoms with Gasteiger partial charge in [-0.1, -0.05) is 12.8 Å². The Morgan fingerprint density at radius 1 is 1.27 bits per heavy atom. The lowest BCUT2D eigenvalue weighted by Crippen LogP contribution is -1.97. The predicted octanol–water partition coefficient (Wildman–Crippen LogP) is 2.28. The molecule has 78 valence electrons. The molecular weight excluding hydrogens is 190 g/mol. The third-order valence-corrected chi connectivity index (χ3v) is 3.10. The van der Waals surface area contributed by atoms with Crippen LogP contribution in [0.3, 0.4) is 0 Å². The fraction of sp³-hybridized carbons (Fsp3) is 0.455. The number of aromatic nitrogens is 3. The van der Waals surface area contributed by atoms with Crippen LogP contribution >= 0.6 is 0 Å². The van der Waals surface area contributed by atoms with Crippen molar-refractivity contribution in [2.45, 2.75) is 31.6 Å². The Balaban J connectivity index is 2.06. The SMILES string of the molecule is On1cccc2nc(C3CCCC3)nc1-2. The van der Waals surface area contributed by atoms with Crippen molar-refractivity contribution in [1.82, 2.24) is 14.7 Å². The van der Waals surface area contributed by atoms with Crippen LogP contribution < -0.4 is 0 Å². The first-order chi connectivity index (χ1) is 7.34. The molecule has 3 aliphatic rings. The van der Waals surface area contributed by atoms with E-state index >= 15 is 0 Å². The summed E-state index contributed by atoms with van der Waals surface area (Å²) in [6.07, 6.45) is 6.49. The zero-order chi connectivity index (χ0) is 10.3. The minimum atomic E-state index is 0.498. The van der Waals surface area contributed by atoms with Crippen molar-refractivity contribution in [3.63, 3.8) is 0 Å². The summed E-state index contributed by atoms with van der Waals surface area (Å²) in [7, 11) is 0. The molecule has 0 aromatic carbocycles. The number of nitrogens with zero attached hydrogens (tertiary/aromatic N) is 3. The fourth-order valence-electron chi connectivity index (χ4n) is 2.30. The minimum absolute atomic E-state index is 0.498. The first kappa shape index (κ1) is 8.71. The standard InChI is InChI=1S/C11H13N3O/c15-14-7-3-6-9-11(14)13-10(12-9)8-4-1-2-5-8/h3,6-8,15H,1-2,4-5H2. The molecule has 0 unspecified atom stereocenters. The van der Waals surface area contributed by atoms with E-state index in [4.69, 9.17) is 0 Å². The van der Waals surface area contributed by atoms with Crippen LogP contribution in [0.25, 0.3) is 11.5 Å².